The maximum atomic E-state index is 5.30. The number of hydrogen-bond donors (Lipinski definition) is 2. The van der Waals surface area contributed by atoms with E-state index >= 15 is 0 Å². The number of benzene rings is 2. The highest BCUT2D eigenvalue weighted by atomic mass is 79.9. The van der Waals surface area contributed by atoms with Gasteiger partial charge in [0.05, 0.1) is 4.47 Å². The second-order valence-electron chi connectivity index (χ2n) is 5.15. The van der Waals surface area contributed by atoms with E-state index in [-0.39, 0.29) is 0 Å². The van der Waals surface area contributed by atoms with Gasteiger partial charge < -0.3 is 10.6 Å². The van der Waals surface area contributed by atoms with Crippen LogP contribution in [-0.2, 0) is 6.42 Å². The number of anilines is 1. The summed E-state index contributed by atoms with van der Waals surface area (Å²) in [6.45, 7) is 0.772. The fraction of sp³-hybridized carbons (Fsp3) is 0.111. The van der Waals surface area contributed by atoms with Crippen molar-refractivity contribution in [1.82, 2.24) is 10.3 Å². The highest BCUT2D eigenvalue weighted by Gasteiger charge is 2.03. The average molecular weight is 386 g/mol. The molecule has 0 spiro atoms. The fourth-order valence-corrected chi connectivity index (χ4v) is 2.90. The molecule has 0 aliphatic carbocycles. The number of nitrogens with one attached hydrogen (secondary N) is 2. The predicted octanol–water partition coefficient (Wildman–Crippen LogP) is 4.53. The minimum absolute atomic E-state index is 0.574. The first-order valence-electron chi connectivity index (χ1n) is 7.35. The minimum atomic E-state index is 0.574. The van der Waals surface area contributed by atoms with Crippen LogP contribution in [0.25, 0.3) is 10.8 Å². The van der Waals surface area contributed by atoms with Gasteiger partial charge in [0, 0.05) is 12.7 Å². The molecule has 3 rings (SSSR count). The van der Waals surface area contributed by atoms with Gasteiger partial charge in [-0.1, -0.05) is 42.5 Å². The molecule has 116 valence electrons. The van der Waals surface area contributed by atoms with E-state index in [4.69, 9.17) is 12.2 Å². The summed E-state index contributed by atoms with van der Waals surface area (Å²) in [5, 5.41) is 9.41. The van der Waals surface area contributed by atoms with Crippen LogP contribution in [-0.4, -0.2) is 16.6 Å². The number of rotatable bonds is 4. The summed E-state index contributed by atoms with van der Waals surface area (Å²) in [6, 6.07) is 18.7. The smallest absolute Gasteiger partial charge is 0.171 e. The van der Waals surface area contributed by atoms with Gasteiger partial charge in [-0.2, -0.15) is 0 Å². The highest BCUT2D eigenvalue weighted by molar-refractivity contribution is 9.10. The Morgan fingerprint density at radius 1 is 1.04 bits per heavy atom. The molecule has 0 amide bonds. The third kappa shape index (κ3) is 4.27. The zero-order valence-electron chi connectivity index (χ0n) is 12.4. The molecule has 0 bridgehead atoms. The molecule has 0 atom stereocenters. The third-order valence-corrected chi connectivity index (χ3v) is 4.39. The number of nitrogens with zero attached hydrogens (tertiary/aromatic N) is 1. The highest BCUT2D eigenvalue weighted by Crippen LogP contribution is 2.18. The molecule has 5 heteroatoms. The number of aromatic nitrogens is 1. The van der Waals surface area contributed by atoms with E-state index in [2.05, 4.69) is 74.0 Å². The van der Waals surface area contributed by atoms with Crippen molar-refractivity contribution in [1.29, 1.82) is 0 Å². The third-order valence-electron chi connectivity index (χ3n) is 3.50. The number of pyridine rings is 1. The van der Waals surface area contributed by atoms with E-state index in [1.54, 1.807) is 6.20 Å². The Bertz CT molecular complexity index is 835. The largest absolute Gasteiger partial charge is 0.362 e. The zero-order chi connectivity index (χ0) is 16.1. The predicted molar refractivity (Wildman–Crippen MR) is 104 cm³/mol. The first-order chi connectivity index (χ1) is 11.2. The summed E-state index contributed by atoms with van der Waals surface area (Å²) in [6.07, 6.45) is 2.64. The van der Waals surface area contributed by atoms with Gasteiger partial charge in [0.2, 0.25) is 0 Å². The van der Waals surface area contributed by atoms with E-state index < -0.39 is 0 Å². The van der Waals surface area contributed by atoms with E-state index in [9.17, 15) is 0 Å². The Hall–Kier alpha value is -1.98. The van der Waals surface area contributed by atoms with Crippen molar-refractivity contribution >= 4 is 49.9 Å². The number of halogens is 1. The van der Waals surface area contributed by atoms with Crippen LogP contribution in [0.4, 0.5) is 5.82 Å². The van der Waals surface area contributed by atoms with E-state index in [1.165, 1.54) is 16.3 Å². The van der Waals surface area contributed by atoms with Crippen molar-refractivity contribution in [3.63, 3.8) is 0 Å². The molecule has 1 aromatic heterocycles. The van der Waals surface area contributed by atoms with Crippen LogP contribution >= 0.6 is 28.1 Å². The summed E-state index contributed by atoms with van der Waals surface area (Å²) in [4.78, 5) is 4.23. The number of hydrogen-bond acceptors (Lipinski definition) is 2. The molecule has 3 nitrogen and oxygen atoms in total. The molecule has 0 saturated carbocycles. The Morgan fingerprint density at radius 2 is 1.87 bits per heavy atom. The van der Waals surface area contributed by atoms with Crippen LogP contribution in [0.15, 0.2) is 65.3 Å². The number of thiocarbonyl (C=S) groups is 1. The molecule has 2 N–H and O–H groups in total. The lowest BCUT2D eigenvalue weighted by Crippen LogP contribution is -2.30. The average Bonchev–Trinajstić information content (AvgIpc) is 2.57. The quantitative estimate of drug-likeness (QED) is 0.647. The van der Waals surface area contributed by atoms with Crippen molar-refractivity contribution < 1.29 is 0 Å². The van der Waals surface area contributed by atoms with Gasteiger partial charge in [-0.05, 0) is 63.0 Å². The van der Waals surface area contributed by atoms with E-state index in [0.717, 1.165) is 23.3 Å². The van der Waals surface area contributed by atoms with Crippen molar-refractivity contribution in [2.45, 2.75) is 6.42 Å². The van der Waals surface area contributed by atoms with Crippen LogP contribution in [0, 0.1) is 0 Å². The van der Waals surface area contributed by atoms with Gasteiger partial charge in [-0.3, -0.25) is 0 Å². The minimum Gasteiger partial charge on any atom is -0.362 e. The molecule has 0 unspecified atom stereocenters. The first-order valence-corrected chi connectivity index (χ1v) is 8.55. The van der Waals surface area contributed by atoms with Gasteiger partial charge in [-0.15, -0.1) is 0 Å². The SMILES string of the molecule is S=C(NCCc1ccc2ccccc2c1)Nc1ncccc1Br. The lowest BCUT2D eigenvalue weighted by atomic mass is 10.1. The maximum Gasteiger partial charge on any atom is 0.171 e. The van der Waals surface area contributed by atoms with Crippen molar-refractivity contribution in [3.05, 3.63) is 70.8 Å². The van der Waals surface area contributed by atoms with Crippen molar-refractivity contribution in [2.75, 3.05) is 11.9 Å². The molecule has 0 saturated heterocycles. The van der Waals surface area contributed by atoms with Crippen LogP contribution in [0.5, 0.6) is 0 Å². The molecular weight excluding hydrogens is 370 g/mol. The standard InChI is InChI=1S/C18H16BrN3S/c19-16-6-3-10-20-17(16)22-18(23)21-11-9-13-7-8-14-4-1-2-5-15(14)12-13/h1-8,10,12H,9,11H2,(H2,20,21,22,23). The molecule has 3 aromatic rings. The normalized spacial score (nSPS) is 10.5. The molecule has 0 aliphatic heterocycles. The van der Waals surface area contributed by atoms with Gasteiger partial charge in [-0.25, -0.2) is 4.98 Å². The molecule has 0 radical (unpaired) electrons. The summed E-state index contributed by atoms with van der Waals surface area (Å²) >= 11 is 8.75. The van der Waals surface area contributed by atoms with Crippen molar-refractivity contribution in [3.8, 4) is 0 Å². The topological polar surface area (TPSA) is 37.0 Å². The number of fused-ring (bicyclic) bond motifs is 1. The Labute approximate surface area is 149 Å². The fourth-order valence-electron chi connectivity index (χ4n) is 2.34. The van der Waals surface area contributed by atoms with Gasteiger partial charge in [0.1, 0.15) is 5.82 Å². The van der Waals surface area contributed by atoms with Crippen LogP contribution in [0.3, 0.4) is 0 Å². The van der Waals surface area contributed by atoms with E-state index in [1.807, 2.05) is 12.1 Å². The summed E-state index contributed by atoms with van der Waals surface area (Å²) < 4.78 is 0.888. The van der Waals surface area contributed by atoms with Gasteiger partial charge in [0.15, 0.2) is 5.11 Å². The molecule has 0 fully saturated rings. The monoisotopic (exact) mass is 385 g/mol. The lowest BCUT2D eigenvalue weighted by Gasteiger charge is -2.11. The summed E-state index contributed by atoms with van der Waals surface area (Å²) in [7, 11) is 0. The lowest BCUT2D eigenvalue weighted by molar-refractivity contribution is 0.874. The van der Waals surface area contributed by atoms with E-state index in [0.29, 0.717) is 5.11 Å². The maximum absolute atomic E-state index is 5.30. The molecule has 2 aromatic carbocycles. The Morgan fingerprint density at radius 3 is 2.70 bits per heavy atom. The second kappa shape index (κ2) is 7.53. The Kier molecular flexibility index (Phi) is 5.20. The van der Waals surface area contributed by atoms with Crippen molar-refractivity contribution in [2.24, 2.45) is 0 Å². The first kappa shape index (κ1) is 15.9. The Balaban J connectivity index is 1.54. The van der Waals surface area contributed by atoms with Crippen LogP contribution in [0.2, 0.25) is 0 Å². The molecule has 1 heterocycles. The molecule has 23 heavy (non-hydrogen) atoms. The van der Waals surface area contributed by atoms with Gasteiger partial charge in [0.25, 0.3) is 0 Å². The molecule has 0 aliphatic rings. The zero-order valence-corrected chi connectivity index (χ0v) is 14.8. The van der Waals surface area contributed by atoms with Crippen LogP contribution < -0.4 is 10.6 Å². The van der Waals surface area contributed by atoms with Gasteiger partial charge >= 0.3 is 0 Å². The van der Waals surface area contributed by atoms with Crippen LogP contribution in [0.1, 0.15) is 5.56 Å². The summed E-state index contributed by atoms with van der Waals surface area (Å²) in [5.41, 5.74) is 1.29. The second-order valence-corrected chi connectivity index (χ2v) is 6.41. The molecular formula is C18H16BrN3S. The summed E-state index contributed by atoms with van der Waals surface area (Å²) in [5.74, 6) is 0.718.